The van der Waals surface area contributed by atoms with E-state index in [2.05, 4.69) is 63.2 Å². The Bertz CT molecular complexity index is 523. The van der Waals surface area contributed by atoms with Gasteiger partial charge in [0.05, 0.1) is 0 Å². The minimum atomic E-state index is 1.09. The van der Waals surface area contributed by atoms with Crippen LogP contribution in [-0.2, 0) is 19.3 Å². The van der Waals surface area contributed by atoms with Gasteiger partial charge in [-0.15, -0.1) is 0 Å². The van der Waals surface area contributed by atoms with E-state index in [1.54, 1.807) is 0 Å². The molecule has 2 rings (SSSR count). The lowest BCUT2D eigenvalue weighted by Gasteiger charge is -2.13. The van der Waals surface area contributed by atoms with E-state index in [1.165, 1.54) is 27.8 Å². The molecule has 2 aromatic carbocycles. The predicted octanol–water partition coefficient (Wildman–Crippen LogP) is 5.04. The molecule has 0 bridgehead atoms. The van der Waals surface area contributed by atoms with Crippen molar-refractivity contribution in [2.24, 2.45) is 0 Å². The Morgan fingerprint density at radius 1 is 0.667 bits per heavy atom. The maximum Gasteiger partial charge on any atom is -0.0147 e. The van der Waals surface area contributed by atoms with E-state index in [1.807, 2.05) is 0 Å². The molecule has 0 nitrogen and oxygen atoms in total. The Balaban J connectivity index is 2.60. The minimum absolute atomic E-state index is 1.09. The Labute approximate surface area is 111 Å². The van der Waals surface area contributed by atoms with Crippen LogP contribution in [0.2, 0.25) is 0 Å². The van der Waals surface area contributed by atoms with Crippen LogP contribution in [0.25, 0.3) is 11.1 Å². The van der Waals surface area contributed by atoms with Gasteiger partial charge in [0.2, 0.25) is 0 Å². The molecule has 0 heteroatoms. The summed E-state index contributed by atoms with van der Waals surface area (Å²) in [6.07, 6.45) is 3.29. The van der Waals surface area contributed by atoms with E-state index in [0.29, 0.717) is 0 Å². The zero-order valence-electron chi connectivity index (χ0n) is 11.7. The fourth-order valence-corrected chi connectivity index (χ4v) is 2.49. The van der Waals surface area contributed by atoms with Crippen molar-refractivity contribution in [3.63, 3.8) is 0 Å². The number of benzene rings is 2. The molecular weight excluding hydrogens is 216 g/mol. The smallest absolute Gasteiger partial charge is 0.0147 e. The molecule has 0 saturated carbocycles. The van der Waals surface area contributed by atoms with E-state index in [0.717, 1.165) is 19.3 Å². The van der Waals surface area contributed by atoms with Gasteiger partial charge in [-0.05, 0) is 47.1 Å². The fraction of sp³-hybridized carbons (Fsp3) is 0.333. The predicted molar refractivity (Wildman–Crippen MR) is 80.0 cm³/mol. The highest BCUT2D eigenvalue weighted by atomic mass is 14.1. The lowest BCUT2D eigenvalue weighted by molar-refractivity contribution is 1.09. The van der Waals surface area contributed by atoms with Gasteiger partial charge >= 0.3 is 0 Å². The highest BCUT2D eigenvalue weighted by Crippen LogP contribution is 2.29. The van der Waals surface area contributed by atoms with Crippen LogP contribution < -0.4 is 0 Å². The van der Waals surface area contributed by atoms with Crippen LogP contribution in [0.15, 0.2) is 42.5 Å². The Hall–Kier alpha value is -1.56. The quantitative estimate of drug-likeness (QED) is 0.700. The van der Waals surface area contributed by atoms with Crippen LogP contribution in [-0.4, -0.2) is 0 Å². The van der Waals surface area contributed by atoms with Crippen molar-refractivity contribution in [2.45, 2.75) is 40.0 Å². The SMILES string of the molecule is CCc1ccc(CC)c(-c2ccccc2CC)c1. The van der Waals surface area contributed by atoms with Crippen LogP contribution in [0.5, 0.6) is 0 Å². The molecule has 0 amide bonds. The molecule has 0 radical (unpaired) electrons. The van der Waals surface area contributed by atoms with Crippen molar-refractivity contribution < 1.29 is 0 Å². The highest BCUT2D eigenvalue weighted by molar-refractivity contribution is 5.71. The molecule has 18 heavy (non-hydrogen) atoms. The van der Waals surface area contributed by atoms with Gasteiger partial charge in [-0.3, -0.25) is 0 Å². The van der Waals surface area contributed by atoms with Gasteiger partial charge < -0.3 is 0 Å². The third kappa shape index (κ3) is 2.48. The van der Waals surface area contributed by atoms with E-state index in [-0.39, 0.29) is 0 Å². The minimum Gasteiger partial charge on any atom is -0.0620 e. The molecule has 0 unspecified atom stereocenters. The number of rotatable bonds is 4. The van der Waals surface area contributed by atoms with Gasteiger partial charge in [0, 0.05) is 0 Å². The molecule has 0 aliphatic rings. The van der Waals surface area contributed by atoms with Gasteiger partial charge in [-0.2, -0.15) is 0 Å². The summed E-state index contributed by atoms with van der Waals surface area (Å²) < 4.78 is 0. The maximum absolute atomic E-state index is 2.37. The fourth-order valence-electron chi connectivity index (χ4n) is 2.49. The second-order valence-corrected chi connectivity index (χ2v) is 4.71. The third-order valence-electron chi connectivity index (χ3n) is 3.65. The normalized spacial score (nSPS) is 10.6. The van der Waals surface area contributed by atoms with Gasteiger partial charge in [0.25, 0.3) is 0 Å². The summed E-state index contributed by atoms with van der Waals surface area (Å²) in [5.41, 5.74) is 7.16. The van der Waals surface area contributed by atoms with Gasteiger partial charge in [0.1, 0.15) is 0 Å². The second kappa shape index (κ2) is 5.86. The van der Waals surface area contributed by atoms with E-state index < -0.39 is 0 Å². The van der Waals surface area contributed by atoms with E-state index >= 15 is 0 Å². The zero-order valence-corrected chi connectivity index (χ0v) is 11.7. The van der Waals surface area contributed by atoms with Crippen molar-refractivity contribution in [1.82, 2.24) is 0 Å². The first-order valence-corrected chi connectivity index (χ1v) is 7.00. The summed E-state index contributed by atoms with van der Waals surface area (Å²) in [4.78, 5) is 0. The summed E-state index contributed by atoms with van der Waals surface area (Å²) >= 11 is 0. The zero-order chi connectivity index (χ0) is 13.0. The van der Waals surface area contributed by atoms with Crippen LogP contribution in [0.1, 0.15) is 37.5 Å². The summed E-state index contributed by atoms with van der Waals surface area (Å²) in [5.74, 6) is 0. The molecule has 2 aromatic rings. The first-order valence-electron chi connectivity index (χ1n) is 7.00. The first kappa shape index (κ1) is 12.9. The first-order chi connectivity index (χ1) is 8.80. The highest BCUT2D eigenvalue weighted by Gasteiger charge is 2.08. The van der Waals surface area contributed by atoms with E-state index in [4.69, 9.17) is 0 Å². The van der Waals surface area contributed by atoms with Crippen molar-refractivity contribution in [3.05, 3.63) is 59.2 Å². The van der Waals surface area contributed by atoms with Crippen LogP contribution in [0, 0.1) is 0 Å². The maximum atomic E-state index is 2.37. The standard InChI is InChI=1S/C18H22/c1-4-14-11-12-16(6-3)18(13-14)17-10-8-7-9-15(17)5-2/h7-13H,4-6H2,1-3H3. The van der Waals surface area contributed by atoms with Gasteiger partial charge in [0.15, 0.2) is 0 Å². The molecule has 0 fully saturated rings. The van der Waals surface area contributed by atoms with Crippen molar-refractivity contribution in [2.75, 3.05) is 0 Å². The Morgan fingerprint density at radius 2 is 1.33 bits per heavy atom. The number of aryl methyl sites for hydroxylation is 3. The van der Waals surface area contributed by atoms with Crippen molar-refractivity contribution >= 4 is 0 Å². The topological polar surface area (TPSA) is 0 Å². The molecule has 0 aliphatic heterocycles. The second-order valence-electron chi connectivity index (χ2n) is 4.71. The average Bonchev–Trinajstić information content (AvgIpc) is 2.46. The monoisotopic (exact) mass is 238 g/mol. The van der Waals surface area contributed by atoms with E-state index in [9.17, 15) is 0 Å². The Kier molecular flexibility index (Phi) is 4.19. The number of hydrogen-bond donors (Lipinski definition) is 0. The summed E-state index contributed by atoms with van der Waals surface area (Å²) in [6.45, 7) is 6.68. The molecule has 0 atom stereocenters. The van der Waals surface area contributed by atoms with Gasteiger partial charge in [-0.25, -0.2) is 0 Å². The molecular formula is C18H22. The van der Waals surface area contributed by atoms with Crippen molar-refractivity contribution in [3.8, 4) is 11.1 Å². The third-order valence-corrected chi connectivity index (χ3v) is 3.65. The van der Waals surface area contributed by atoms with Crippen LogP contribution in [0.3, 0.4) is 0 Å². The lowest BCUT2D eigenvalue weighted by atomic mass is 9.91. The molecule has 0 spiro atoms. The van der Waals surface area contributed by atoms with Crippen LogP contribution >= 0.6 is 0 Å². The van der Waals surface area contributed by atoms with Crippen molar-refractivity contribution in [1.29, 1.82) is 0 Å². The molecule has 0 heterocycles. The largest absolute Gasteiger partial charge is 0.0620 e. The number of hydrogen-bond acceptors (Lipinski definition) is 0. The molecule has 0 N–H and O–H groups in total. The molecule has 0 saturated heterocycles. The molecule has 94 valence electrons. The Morgan fingerprint density at radius 3 is 2.00 bits per heavy atom. The molecule has 0 aromatic heterocycles. The average molecular weight is 238 g/mol. The summed E-state index contributed by atoms with van der Waals surface area (Å²) in [7, 11) is 0. The lowest BCUT2D eigenvalue weighted by Crippen LogP contribution is -1.94. The summed E-state index contributed by atoms with van der Waals surface area (Å²) in [6, 6.07) is 15.7. The van der Waals surface area contributed by atoms with Crippen LogP contribution in [0.4, 0.5) is 0 Å². The summed E-state index contributed by atoms with van der Waals surface area (Å²) in [5, 5.41) is 0. The molecule has 0 aliphatic carbocycles. The van der Waals surface area contributed by atoms with Gasteiger partial charge in [-0.1, -0.05) is 63.2 Å².